The SMILES string of the molecule is CO[Si](CCCCCCCCCCNC(N)=O)(OC)OC. The van der Waals surface area contributed by atoms with Gasteiger partial charge in [-0.3, -0.25) is 0 Å². The molecule has 7 heteroatoms. The van der Waals surface area contributed by atoms with Crippen molar-refractivity contribution in [3.63, 3.8) is 0 Å². The highest BCUT2D eigenvalue weighted by Gasteiger charge is 2.36. The number of carbonyl (C=O) groups is 1. The van der Waals surface area contributed by atoms with E-state index >= 15 is 0 Å². The minimum absolute atomic E-state index is 0.433. The van der Waals surface area contributed by atoms with E-state index in [-0.39, 0.29) is 0 Å². The van der Waals surface area contributed by atoms with Crippen LogP contribution >= 0.6 is 0 Å². The standard InChI is InChI=1S/C14H32N2O4Si/c1-18-21(19-2,20-3)13-11-9-7-5-4-6-8-10-12-16-14(15)17/h4-13H2,1-3H3,(H3,15,16,17). The molecule has 0 unspecified atom stereocenters. The molecule has 0 aliphatic rings. The number of nitrogens with two attached hydrogens (primary N) is 1. The number of amides is 2. The number of unbranched alkanes of at least 4 members (excludes halogenated alkanes) is 7. The molecule has 126 valence electrons. The molecular weight excluding hydrogens is 288 g/mol. The average Bonchev–Trinajstić information content (AvgIpc) is 2.49. The number of carbonyl (C=O) groups excluding carboxylic acids is 1. The zero-order chi connectivity index (χ0) is 16.0. The Morgan fingerprint density at radius 2 is 1.29 bits per heavy atom. The first-order valence-electron chi connectivity index (χ1n) is 7.79. The van der Waals surface area contributed by atoms with Gasteiger partial charge >= 0.3 is 14.8 Å². The molecule has 0 bridgehead atoms. The van der Waals surface area contributed by atoms with Crippen LogP contribution in [0.3, 0.4) is 0 Å². The highest BCUT2D eigenvalue weighted by molar-refractivity contribution is 6.60. The van der Waals surface area contributed by atoms with Crippen molar-refractivity contribution >= 4 is 14.8 Å². The Labute approximate surface area is 130 Å². The summed E-state index contributed by atoms with van der Waals surface area (Å²) in [6.45, 7) is 0.688. The van der Waals surface area contributed by atoms with Gasteiger partial charge in [0.1, 0.15) is 0 Å². The molecule has 2 amide bonds. The van der Waals surface area contributed by atoms with Crippen LogP contribution in [0.25, 0.3) is 0 Å². The van der Waals surface area contributed by atoms with E-state index in [4.69, 9.17) is 19.0 Å². The molecule has 0 heterocycles. The summed E-state index contributed by atoms with van der Waals surface area (Å²) >= 11 is 0. The Kier molecular flexibility index (Phi) is 12.7. The molecule has 0 aromatic carbocycles. The van der Waals surface area contributed by atoms with Crippen LogP contribution in [-0.4, -0.2) is 42.7 Å². The van der Waals surface area contributed by atoms with Crippen LogP contribution in [0.2, 0.25) is 6.04 Å². The lowest BCUT2D eigenvalue weighted by Crippen LogP contribution is -2.42. The van der Waals surface area contributed by atoms with Crippen molar-refractivity contribution in [3.05, 3.63) is 0 Å². The Bertz CT molecular complexity index is 255. The molecule has 6 nitrogen and oxygen atoms in total. The quantitative estimate of drug-likeness (QED) is 0.381. The fraction of sp³-hybridized carbons (Fsp3) is 0.929. The largest absolute Gasteiger partial charge is 0.500 e. The lowest BCUT2D eigenvalue weighted by molar-refractivity contribution is 0.122. The summed E-state index contributed by atoms with van der Waals surface area (Å²) in [4.78, 5) is 10.5. The molecule has 0 aromatic rings. The van der Waals surface area contributed by atoms with Crippen LogP contribution < -0.4 is 11.1 Å². The molecule has 0 fully saturated rings. The summed E-state index contributed by atoms with van der Waals surface area (Å²) in [5, 5.41) is 2.60. The van der Waals surface area contributed by atoms with Gasteiger partial charge in [-0.15, -0.1) is 0 Å². The van der Waals surface area contributed by atoms with Crippen molar-refractivity contribution in [2.45, 2.75) is 57.4 Å². The Morgan fingerprint density at radius 1 is 0.857 bits per heavy atom. The molecule has 0 rings (SSSR count). The van der Waals surface area contributed by atoms with Gasteiger partial charge in [-0.05, 0) is 12.8 Å². The fourth-order valence-corrected chi connectivity index (χ4v) is 4.09. The van der Waals surface area contributed by atoms with Crippen molar-refractivity contribution in [2.24, 2.45) is 5.73 Å². The normalized spacial score (nSPS) is 11.6. The van der Waals surface area contributed by atoms with E-state index < -0.39 is 14.8 Å². The third-order valence-corrected chi connectivity index (χ3v) is 6.47. The van der Waals surface area contributed by atoms with Crippen molar-refractivity contribution < 1.29 is 18.1 Å². The summed E-state index contributed by atoms with van der Waals surface area (Å²) in [6, 6.07) is 0.452. The smallest absolute Gasteiger partial charge is 0.377 e. The van der Waals surface area contributed by atoms with Crippen molar-refractivity contribution in [2.75, 3.05) is 27.9 Å². The average molecular weight is 321 g/mol. The van der Waals surface area contributed by atoms with Gasteiger partial charge in [-0.1, -0.05) is 38.5 Å². The van der Waals surface area contributed by atoms with E-state index in [1.807, 2.05) is 0 Å². The van der Waals surface area contributed by atoms with Gasteiger partial charge < -0.3 is 24.3 Å². The molecule has 0 spiro atoms. The maximum absolute atomic E-state index is 10.5. The summed E-state index contributed by atoms with van der Waals surface area (Å²) in [5.41, 5.74) is 4.99. The maximum Gasteiger partial charge on any atom is 0.500 e. The van der Waals surface area contributed by atoms with Gasteiger partial charge in [0.05, 0.1) is 0 Å². The molecule has 0 radical (unpaired) electrons. The highest BCUT2D eigenvalue weighted by Crippen LogP contribution is 2.18. The van der Waals surface area contributed by atoms with E-state index in [9.17, 15) is 4.79 Å². The van der Waals surface area contributed by atoms with Gasteiger partial charge in [-0.2, -0.15) is 0 Å². The topological polar surface area (TPSA) is 82.8 Å². The first-order chi connectivity index (χ1) is 10.1. The number of hydrogen-bond acceptors (Lipinski definition) is 4. The summed E-state index contributed by atoms with van der Waals surface area (Å²) in [5.74, 6) is 0. The molecule has 21 heavy (non-hydrogen) atoms. The number of nitrogens with one attached hydrogen (secondary N) is 1. The number of primary amides is 1. The van der Waals surface area contributed by atoms with Gasteiger partial charge in [0.25, 0.3) is 0 Å². The number of urea groups is 1. The minimum Gasteiger partial charge on any atom is -0.377 e. The highest BCUT2D eigenvalue weighted by atomic mass is 28.4. The third kappa shape index (κ3) is 10.7. The van der Waals surface area contributed by atoms with Crippen molar-refractivity contribution in [3.8, 4) is 0 Å². The van der Waals surface area contributed by atoms with Crippen LogP contribution in [-0.2, 0) is 13.3 Å². The monoisotopic (exact) mass is 320 g/mol. The molecule has 0 aromatic heterocycles. The van der Waals surface area contributed by atoms with Crippen LogP contribution in [0.15, 0.2) is 0 Å². The first kappa shape index (κ1) is 20.4. The van der Waals surface area contributed by atoms with E-state index in [2.05, 4.69) is 5.32 Å². The van der Waals surface area contributed by atoms with E-state index in [1.54, 1.807) is 21.3 Å². The van der Waals surface area contributed by atoms with Crippen LogP contribution in [0.1, 0.15) is 51.4 Å². The van der Waals surface area contributed by atoms with E-state index in [0.29, 0.717) is 6.54 Å². The van der Waals surface area contributed by atoms with Gasteiger partial charge in [0.15, 0.2) is 0 Å². The zero-order valence-corrected chi connectivity index (χ0v) is 14.8. The van der Waals surface area contributed by atoms with E-state index in [1.165, 1.54) is 32.1 Å². The molecule has 0 aliphatic heterocycles. The predicted octanol–water partition coefficient (Wildman–Crippen LogP) is 2.65. The Hall–Kier alpha value is -0.633. The predicted molar refractivity (Wildman–Crippen MR) is 86.1 cm³/mol. The molecular formula is C14H32N2O4Si. The molecule has 3 N–H and O–H groups in total. The molecule has 0 saturated heterocycles. The van der Waals surface area contributed by atoms with Gasteiger partial charge in [0.2, 0.25) is 0 Å². The first-order valence-corrected chi connectivity index (χ1v) is 9.72. The third-order valence-electron chi connectivity index (χ3n) is 3.64. The second-order valence-electron chi connectivity index (χ2n) is 5.16. The summed E-state index contributed by atoms with van der Waals surface area (Å²) in [6.07, 6.45) is 9.38. The van der Waals surface area contributed by atoms with Gasteiger partial charge in [-0.25, -0.2) is 4.79 Å². The molecule has 0 atom stereocenters. The van der Waals surface area contributed by atoms with Crippen LogP contribution in [0.5, 0.6) is 0 Å². The number of hydrogen-bond donors (Lipinski definition) is 2. The maximum atomic E-state index is 10.5. The number of rotatable bonds is 14. The minimum atomic E-state index is -2.36. The summed E-state index contributed by atoms with van der Waals surface area (Å²) in [7, 11) is 2.62. The zero-order valence-electron chi connectivity index (χ0n) is 13.8. The molecule has 0 saturated carbocycles. The second kappa shape index (κ2) is 13.1. The lowest BCUT2D eigenvalue weighted by atomic mass is 10.1. The Morgan fingerprint density at radius 3 is 1.71 bits per heavy atom. The lowest BCUT2D eigenvalue weighted by Gasteiger charge is -2.24. The van der Waals surface area contributed by atoms with Crippen molar-refractivity contribution in [1.82, 2.24) is 5.32 Å². The van der Waals surface area contributed by atoms with Gasteiger partial charge in [0, 0.05) is 33.9 Å². The second-order valence-corrected chi connectivity index (χ2v) is 8.26. The van der Waals surface area contributed by atoms with Crippen LogP contribution in [0.4, 0.5) is 4.79 Å². The fourth-order valence-electron chi connectivity index (χ4n) is 2.29. The summed E-state index contributed by atoms with van der Waals surface area (Å²) < 4.78 is 16.2. The van der Waals surface area contributed by atoms with Crippen LogP contribution in [0, 0.1) is 0 Å². The Balaban J connectivity index is 3.34. The van der Waals surface area contributed by atoms with E-state index in [0.717, 1.165) is 25.3 Å². The van der Waals surface area contributed by atoms with Crippen molar-refractivity contribution in [1.29, 1.82) is 0 Å². The molecule has 0 aliphatic carbocycles.